The first-order valence-corrected chi connectivity index (χ1v) is 10.3. The number of hydrogen-bond donors (Lipinski definition) is 0. The van der Waals surface area contributed by atoms with Gasteiger partial charge in [-0.15, -0.1) is 0 Å². The van der Waals surface area contributed by atoms with Crippen molar-refractivity contribution in [1.29, 1.82) is 0 Å². The van der Waals surface area contributed by atoms with Gasteiger partial charge in [-0.25, -0.2) is 4.68 Å². The fourth-order valence-corrected chi connectivity index (χ4v) is 4.49. The van der Waals surface area contributed by atoms with Crippen molar-refractivity contribution in [3.05, 3.63) is 27.7 Å². The first kappa shape index (κ1) is 17.7. The van der Waals surface area contributed by atoms with Crippen molar-refractivity contribution >= 4 is 5.91 Å². The van der Waals surface area contributed by atoms with E-state index in [1.807, 2.05) is 11.0 Å². The number of fused-ring (bicyclic) bond motifs is 1. The van der Waals surface area contributed by atoms with Gasteiger partial charge in [-0.05, 0) is 44.1 Å². The van der Waals surface area contributed by atoms with Crippen LogP contribution in [0, 0.1) is 5.92 Å². The molecule has 1 aromatic heterocycles. The van der Waals surface area contributed by atoms with E-state index in [0.717, 1.165) is 82.6 Å². The second-order valence-electron chi connectivity index (χ2n) is 8.16. The van der Waals surface area contributed by atoms with E-state index < -0.39 is 0 Å². The molecule has 0 bridgehead atoms. The van der Waals surface area contributed by atoms with Gasteiger partial charge in [0.25, 0.3) is 5.56 Å². The third kappa shape index (κ3) is 4.00. The molecule has 3 aliphatic rings. The summed E-state index contributed by atoms with van der Waals surface area (Å²) in [6.07, 6.45) is 8.46. The van der Waals surface area contributed by atoms with Crippen LogP contribution < -0.4 is 5.56 Å². The van der Waals surface area contributed by atoms with Crippen molar-refractivity contribution in [1.82, 2.24) is 19.6 Å². The first-order chi connectivity index (χ1) is 12.7. The zero-order valence-corrected chi connectivity index (χ0v) is 15.7. The summed E-state index contributed by atoms with van der Waals surface area (Å²) in [5, 5.41) is 4.63. The normalized spacial score (nSPS) is 22.0. The maximum atomic E-state index is 12.3. The fraction of sp³-hybridized carbons (Fsp3) is 0.750. The molecule has 0 spiro atoms. The lowest BCUT2D eigenvalue weighted by molar-refractivity contribution is -0.131. The molecule has 0 saturated carbocycles. The minimum absolute atomic E-state index is 0.0549. The van der Waals surface area contributed by atoms with Gasteiger partial charge < -0.3 is 9.80 Å². The summed E-state index contributed by atoms with van der Waals surface area (Å²) in [7, 11) is 0. The van der Waals surface area contributed by atoms with E-state index in [-0.39, 0.29) is 5.56 Å². The third-order valence-corrected chi connectivity index (χ3v) is 6.10. The lowest BCUT2D eigenvalue weighted by Crippen LogP contribution is -2.52. The molecule has 1 aromatic rings. The van der Waals surface area contributed by atoms with Crippen LogP contribution in [0.3, 0.4) is 0 Å². The zero-order valence-electron chi connectivity index (χ0n) is 15.7. The van der Waals surface area contributed by atoms with Gasteiger partial charge in [0.15, 0.2) is 0 Å². The van der Waals surface area contributed by atoms with E-state index in [2.05, 4.69) is 10.00 Å². The zero-order chi connectivity index (χ0) is 17.9. The summed E-state index contributed by atoms with van der Waals surface area (Å²) >= 11 is 0. The predicted octanol–water partition coefficient (Wildman–Crippen LogP) is 1.46. The van der Waals surface area contributed by atoms with Gasteiger partial charge in [-0.2, -0.15) is 5.10 Å². The molecule has 26 heavy (non-hydrogen) atoms. The van der Waals surface area contributed by atoms with Crippen LogP contribution >= 0.6 is 0 Å². The van der Waals surface area contributed by atoms with E-state index >= 15 is 0 Å². The van der Waals surface area contributed by atoms with Gasteiger partial charge in [0.1, 0.15) is 0 Å². The monoisotopic (exact) mass is 358 g/mol. The summed E-state index contributed by atoms with van der Waals surface area (Å²) in [4.78, 5) is 28.8. The maximum Gasteiger partial charge on any atom is 0.267 e. The van der Waals surface area contributed by atoms with Crippen molar-refractivity contribution in [3.63, 3.8) is 0 Å². The van der Waals surface area contributed by atoms with Crippen LogP contribution in [0.1, 0.15) is 49.8 Å². The van der Waals surface area contributed by atoms with Crippen LogP contribution in [-0.2, 0) is 24.2 Å². The molecule has 2 saturated heterocycles. The minimum atomic E-state index is 0.0549. The van der Waals surface area contributed by atoms with Gasteiger partial charge >= 0.3 is 0 Å². The average Bonchev–Trinajstić information content (AvgIpc) is 2.81. The molecule has 0 aromatic carbocycles. The largest absolute Gasteiger partial charge is 0.341 e. The standard InChI is InChI=1S/C20H30N4O2/c25-19-8-2-1-5-9-23(19)11-10-22-13-16(14-22)15-24-20(26)12-17-6-3-4-7-18(17)21-24/h12,16H,1-11,13-15H2. The number of nitrogens with zero attached hydrogens (tertiary/aromatic N) is 4. The average molecular weight is 358 g/mol. The third-order valence-electron chi connectivity index (χ3n) is 6.10. The molecule has 0 atom stereocenters. The Kier molecular flexibility index (Phi) is 5.38. The van der Waals surface area contributed by atoms with Crippen molar-refractivity contribution in [2.45, 2.75) is 57.9 Å². The highest BCUT2D eigenvalue weighted by atomic mass is 16.2. The Bertz CT molecular complexity index is 708. The molecule has 1 aliphatic carbocycles. The minimum Gasteiger partial charge on any atom is -0.341 e. The molecular formula is C20H30N4O2. The molecule has 2 fully saturated rings. The van der Waals surface area contributed by atoms with E-state index in [4.69, 9.17) is 0 Å². The molecule has 6 heteroatoms. The SMILES string of the molecule is O=C1CCCCCN1CCN1CC(Cn2nc3c(cc2=O)CCCC3)C1. The highest BCUT2D eigenvalue weighted by Crippen LogP contribution is 2.20. The highest BCUT2D eigenvalue weighted by molar-refractivity contribution is 5.76. The van der Waals surface area contributed by atoms with Gasteiger partial charge in [0.05, 0.1) is 12.2 Å². The molecule has 2 aliphatic heterocycles. The van der Waals surface area contributed by atoms with Gasteiger partial charge in [0.2, 0.25) is 5.91 Å². The van der Waals surface area contributed by atoms with Crippen molar-refractivity contribution in [2.75, 3.05) is 32.7 Å². The van der Waals surface area contributed by atoms with Crippen molar-refractivity contribution in [3.8, 4) is 0 Å². The van der Waals surface area contributed by atoms with Crippen molar-refractivity contribution < 1.29 is 4.79 Å². The highest BCUT2D eigenvalue weighted by Gasteiger charge is 2.28. The smallest absolute Gasteiger partial charge is 0.267 e. The lowest BCUT2D eigenvalue weighted by Gasteiger charge is -2.40. The number of likely N-dealkylation sites (tertiary alicyclic amines) is 2. The topological polar surface area (TPSA) is 58.4 Å². The number of aryl methyl sites for hydroxylation is 2. The summed E-state index contributed by atoms with van der Waals surface area (Å²) in [5.41, 5.74) is 2.35. The molecule has 4 rings (SSSR count). The summed E-state index contributed by atoms with van der Waals surface area (Å²) in [6.45, 7) is 5.47. The summed E-state index contributed by atoms with van der Waals surface area (Å²) in [6, 6.07) is 1.81. The Hall–Kier alpha value is -1.69. The van der Waals surface area contributed by atoms with E-state index in [1.165, 1.54) is 19.3 Å². The summed E-state index contributed by atoms with van der Waals surface area (Å²) < 4.78 is 1.69. The van der Waals surface area contributed by atoms with E-state index in [1.54, 1.807) is 4.68 Å². The summed E-state index contributed by atoms with van der Waals surface area (Å²) in [5.74, 6) is 0.825. The number of carbonyl (C=O) groups is 1. The Morgan fingerprint density at radius 3 is 2.65 bits per heavy atom. The maximum absolute atomic E-state index is 12.3. The molecule has 0 radical (unpaired) electrons. The number of carbonyl (C=O) groups excluding carboxylic acids is 1. The number of amides is 1. The molecule has 0 N–H and O–H groups in total. The fourth-order valence-electron chi connectivity index (χ4n) is 4.49. The van der Waals surface area contributed by atoms with Gasteiger partial charge in [0, 0.05) is 51.1 Å². The van der Waals surface area contributed by atoms with Crippen molar-refractivity contribution in [2.24, 2.45) is 5.92 Å². The Labute approximate surface area is 155 Å². The molecule has 142 valence electrons. The van der Waals surface area contributed by atoms with Crippen LogP contribution in [0.2, 0.25) is 0 Å². The lowest BCUT2D eigenvalue weighted by atomic mass is 9.96. The van der Waals surface area contributed by atoms with Crippen LogP contribution in [0.4, 0.5) is 0 Å². The van der Waals surface area contributed by atoms with E-state index in [9.17, 15) is 9.59 Å². The van der Waals surface area contributed by atoms with Crippen LogP contribution in [0.15, 0.2) is 10.9 Å². The Morgan fingerprint density at radius 2 is 1.77 bits per heavy atom. The van der Waals surface area contributed by atoms with Crippen LogP contribution in [0.5, 0.6) is 0 Å². The number of rotatable bonds is 5. The quantitative estimate of drug-likeness (QED) is 0.800. The van der Waals surface area contributed by atoms with Crippen LogP contribution in [-0.4, -0.2) is 58.2 Å². The number of aromatic nitrogens is 2. The van der Waals surface area contributed by atoms with Crippen LogP contribution in [0.25, 0.3) is 0 Å². The first-order valence-electron chi connectivity index (χ1n) is 10.3. The predicted molar refractivity (Wildman–Crippen MR) is 100 cm³/mol. The second-order valence-corrected chi connectivity index (χ2v) is 8.16. The number of hydrogen-bond acceptors (Lipinski definition) is 4. The molecule has 3 heterocycles. The van der Waals surface area contributed by atoms with Gasteiger partial charge in [-0.3, -0.25) is 9.59 Å². The Balaban J connectivity index is 1.25. The second kappa shape index (κ2) is 7.91. The molecule has 6 nitrogen and oxygen atoms in total. The van der Waals surface area contributed by atoms with Gasteiger partial charge in [-0.1, -0.05) is 6.42 Å². The molecule has 1 amide bonds. The molecular weight excluding hydrogens is 328 g/mol. The Morgan fingerprint density at radius 1 is 0.962 bits per heavy atom. The molecule has 0 unspecified atom stereocenters. The van der Waals surface area contributed by atoms with E-state index in [0.29, 0.717) is 11.8 Å².